The zero-order chi connectivity index (χ0) is 17.2. The summed E-state index contributed by atoms with van der Waals surface area (Å²) in [7, 11) is 4.01. The van der Waals surface area contributed by atoms with E-state index < -0.39 is 5.41 Å². The van der Waals surface area contributed by atoms with Crippen LogP contribution in [-0.4, -0.2) is 35.4 Å². The summed E-state index contributed by atoms with van der Waals surface area (Å²) in [5, 5.41) is 1.14. The Morgan fingerprint density at radius 3 is 2.65 bits per heavy atom. The van der Waals surface area contributed by atoms with Gasteiger partial charge < -0.3 is 0 Å². The van der Waals surface area contributed by atoms with E-state index in [0.717, 1.165) is 28.3 Å². The van der Waals surface area contributed by atoms with E-state index in [4.69, 9.17) is 0 Å². The van der Waals surface area contributed by atoms with Gasteiger partial charge in [-0.15, -0.1) is 0 Å². The molecule has 0 fully saturated rings. The second kappa shape index (κ2) is 7.38. The number of nitrogens with one attached hydrogen (secondary N) is 1. The molecular formula is C17H24BrN3OS. The summed E-state index contributed by atoms with van der Waals surface area (Å²) in [5.41, 5.74) is 1.75. The molecule has 1 aromatic carbocycles. The average Bonchev–Trinajstić information content (AvgIpc) is 2.79. The predicted molar refractivity (Wildman–Crippen MR) is 103 cm³/mol. The van der Waals surface area contributed by atoms with E-state index in [1.807, 2.05) is 57.5 Å². The fourth-order valence-corrected chi connectivity index (χ4v) is 3.16. The van der Waals surface area contributed by atoms with Gasteiger partial charge in [0.25, 0.3) is 0 Å². The minimum absolute atomic E-state index is 0.113. The summed E-state index contributed by atoms with van der Waals surface area (Å²) < 4.78 is 8.12. The fraction of sp³-hybridized carbons (Fsp3) is 0.471. The smallest absolute Gasteiger partial charge is 0.236 e. The van der Waals surface area contributed by atoms with Gasteiger partial charge in [0.1, 0.15) is 0 Å². The molecule has 0 atom stereocenters. The number of fused-ring (bicyclic) bond motifs is 1. The lowest BCUT2D eigenvalue weighted by molar-refractivity contribution is 0.0772. The van der Waals surface area contributed by atoms with Gasteiger partial charge in [-0.1, -0.05) is 42.8 Å². The van der Waals surface area contributed by atoms with Crippen molar-refractivity contribution in [3.05, 3.63) is 34.4 Å². The summed E-state index contributed by atoms with van der Waals surface area (Å²) >= 11 is 5.09. The largest absolute Gasteiger partial charge is 0.286 e. The molecule has 0 radical (unpaired) electrons. The SMILES string of the molecule is CN(C)SNCCc1cn(C(=O)C(C)(C)C)c2cc(Br)ccc12. The Labute approximate surface area is 151 Å². The van der Waals surface area contributed by atoms with E-state index >= 15 is 0 Å². The molecule has 2 rings (SSSR count). The molecule has 0 unspecified atom stereocenters. The first-order valence-corrected chi connectivity index (χ1v) is 9.18. The molecule has 0 aliphatic carbocycles. The van der Waals surface area contributed by atoms with Crippen LogP contribution in [0, 0.1) is 5.41 Å². The molecule has 0 amide bonds. The topological polar surface area (TPSA) is 37.3 Å². The van der Waals surface area contributed by atoms with Gasteiger partial charge in [0.05, 0.1) is 5.52 Å². The summed E-state index contributed by atoms with van der Waals surface area (Å²) in [6.45, 7) is 6.71. The molecule has 23 heavy (non-hydrogen) atoms. The second-order valence-electron chi connectivity index (χ2n) is 6.79. The van der Waals surface area contributed by atoms with Crippen LogP contribution in [0.3, 0.4) is 0 Å². The zero-order valence-corrected chi connectivity index (χ0v) is 16.7. The number of benzene rings is 1. The van der Waals surface area contributed by atoms with Crippen LogP contribution in [0.2, 0.25) is 0 Å². The van der Waals surface area contributed by atoms with Crippen molar-refractivity contribution in [3.63, 3.8) is 0 Å². The van der Waals surface area contributed by atoms with Crippen LogP contribution >= 0.6 is 28.1 Å². The number of hydrogen-bond acceptors (Lipinski definition) is 4. The summed E-state index contributed by atoms with van der Waals surface area (Å²) in [5.74, 6) is 0.113. The van der Waals surface area contributed by atoms with E-state index in [0.29, 0.717) is 0 Å². The second-order valence-corrected chi connectivity index (χ2v) is 8.91. The van der Waals surface area contributed by atoms with Crippen molar-refractivity contribution in [2.24, 2.45) is 5.41 Å². The highest BCUT2D eigenvalue weighted by atomic mass is 79.9. The zero-order valence-electron chi connectivity index (χ0n) is 14.3. The third-order valence-corrected chi connectivity index (χ3v) is 4.65. The molecule has 0 bridgehead atoms. The van der Waals surface area contributed by atoms with Gasteiger partial charge in [-0.2, -0.15) is 0 Å². The van der Waals surface area contributed by atoms with Gasteiger partial charge in [-0.3, -0.25) is 14.1 Å². The first-order chi connectivity index (χ1) is 10.7. The Morgan fingerprint density at radius 2 is 2.04 bits per heavy atom. The van der Waals surface area contributed by atoms with Crippen LogP contribution < -0.4 is 4.72 Å². The molecule has 0 saturated heterocycles. The number of halogens is 1. The van der Waals surface area contributed by atoms with Crippen molar-refractivity contribution < 1.29 is 4.79 Å². The van der Waals surface area contributed by atoms with Crippen LogP contribution in [0.25, 0.3) is 10.9 Å². The van der Waals surface area contributed by atoms with E-state index in [1.54, 1.807) is 16.7 Å². The lowest BCUT2D eigenvalue weighted by Gasteiger charge is -2.17. The number of nitrogens with zero attached hydrogens (tertiary/aromatic N) is 2. The van der Waals surface area contributed by atoms with E-state index in [1.165, 1.54) is 5.56 Å². The quantitative estimate of drug-likeness (QED) is 0.600. The predicted octanol–water partition coefficient (Wildman–Crippen LogP) is 4.35. The van der Waals surface area contributed by atoms with Gasteiger partial charge in [0.2, 0.25) is 5.91 Å². The molecule has 0 aliphatic heterocycles. The molecule has 2 aromatic rings. The van der Waals surface area contributed by atoms with Crippen LogP contribution in [0.5, 0.6) is 0 Å². The van der Waals surface area contributed by atoms with Gasteiger partial charge in [-0.05, 0) is 38.2 Å². The third kappa shape index (κ3) is 4.59. The lowest BCUT2D eigenvalue weighted by atomic mass is 9.95. The molecular weight excluding hydrogens is 374 g/mol. The van der Waals surface area contributed by atoms with Crippen molar-refractivity contribution in [2.45, 2.75) is 27.2 Å². The molecule has 6 heteroatoms. The highest BCUT2D eigenvalue weighted by Crippen LogP contribution is 2.28. The highest BCUT2D eigenvalue weighted by Gasteiger charge is 2.25. The third-order valence-electron chi connectivity index (χ3n) is 3.45. The highest BCUT2D eigenvalue weighted by molar-refractivity contribution is 9.10. The molecule has 0 aliphatic rings. The van der Waals surface area contributed by atoms with Crippen molar-refractivity contribution in [3.8, 4) is 0 Å². The Balaban J connectivity index is 2.33. The van der Waals surface area contributed by atoms with E-state index in [2.05, 4.69) is 26.7 Å². The standard InChI is InChI=1S/C17H24BrN3OS/c1-17(2,3)16(22)21-11-12(8-9-19-23-20(4)5)14-7-6-13(18)10-15(14)21/h6-7,10-11,19H,8-9H2,1-5H3. The van der Waals surface area contributed by atoms with Gasteiger partial charge in [0.15, 0.2) is 0 Å². The Kier molecular flexibility index (Phi) is 5.94. The van der Waals surface area contributed by atoms with Crippen LogP contribution in [0.1, 0.15) is 31.1 Å². The van der Waals surface area contributed by atoms with Crippen LogP contribution in [0.15, 0.2) is 28.9 Å². The van der Waals surface area contributed by atoms with Crippen LogP contribution in [0.4, 0.5) is 0 Å². The maximum Gasteiger partial charge on any atom is 0.236 e. The van der Waals surface area contributed by atoms with Gasteiger partial charge in [-0.25, -0.2) is 4.31 Å². The molecule has 1 heterocycles. The molecule has 126 valence electrons. The first kappa shape index (κ1) is 18.5. The van der Waals surface area contributed by atoms with Crippen molar-refractivity contribution in [1.29, 1.82) is 0 Å². The average molecular weight is 398 g/mol. The maximum absolute atomic E-state index is 12.7. The Morgan fingerprint density at radius 1 is 1.35 bits per heavy atom. The summed E-state index contributed by atoms with van der Waals surface area (Å²) in [6.07, 6.45) is 2.87. The van der Waals surface area contributed by atoms with Crippen molar-refractivity contribution in [2.75, 3.05) is 20.6 Å². The monoisotopic (exact) mass is 397 g/mol. The molecule has 0 saturated carbocycles. The number of hydrogen-bond donors (Lipinski definition) is 1. The van der Waals surface area contributed by atoms with Crippen molar-refractivity contribution >= 4 is 44.9 Å². The summed E-state index contributed by atoms with van der Waals surface area (Å²) in [6, 6.07) is 6.13. The number of rotatable bonds is 5. The van der Waals surface area contributed by atoms with Gasteiger partial charge in [0, 0.05) is 40.1 Å². The minimum Gasteiger partial charge on any atom is -0.286 e. The lowest BCUT2D eigenvalue weighted by Crippen LogP contribution is -2.26. The fourth-order valence-electron chi connectivity index (χ4n) is 2.36. The molecule has 0 spiro atoms. The normalized spacial score (nSPS) is 12.3. The Bertz CT molecular complexity index is 704. The van der Waals surface area contributed by atoms with Crippen LogP contribution in [-0.2, 0) is 6.42 Å². The maximum atomic E-state index is 12.7. The van der Waals surface area contributed by atoms with Crippen molar-refractivity contribution in [1.82, 2.24) is 13.6 Å². The summed E-state index contributed by atoms with van der Waals surface area (Å²) in [4.78, 5) is 12.7. The van der Waals surface area contributed by atoms with E-state index in [9.17, 15) is 4.79 Å². The van der Waals surface area contributed by atoms with E-state index in [-0.39, 0.29) is 5.91 Å². The molecule has 1 N–H and O–H groups in total. The molecule has 4 nitrogen and oxygen atoms in total. The number of aromatic nitrogens is 1. The molecule has 1 aromatic heterocycles. The number of carbonyl (C=O) groups excluding carboxylic acids is 1. The first-order valence-electron chi connectivity index (χ1n) is 7.61. The van der Waals surface area contributed by atoms with Gasteiger partial charge >= 0.3 is 0 Å². The number of carbonyl (C=O) groups is 1. The Hall–Kier alpha value is -0.820. The minimum atomic E-state index is -0.412.